The molecule has 0 fully saturated rings. The number of hydrogen-bond donors (Lipinski definition) is 2. The minimum Gasteiger partial charge on any atom is -0.484 e. The van der Waals surface area contributed by atoms with Gasteiger partial charge in [0.1, 0.15) is 12.3 Å². The van der Waals surface area contributed by atoms with E-state index >= 15 is 0 Å². The van der Waals surface area contributed by atoms with E-state index in [1.54, 1.807) is 11.6 Å². The van der Waals surface area contributed by atoms with Crippen molar-refractivity contribution >= 4 is 17.5 Å². The van der Waals surface area contributed by atoms with Crippen LogP contribution in [0.4, 0.5) is 0 Å². The van der Waals surface area contributed by atoms with E-state index in [1.165, 1.54) is 11.6 Å². The molecule has 0 aliphatic rings. The van der Waals surface area contributed by atoms with Gasteiger partial charge in [-0.1, -0.05) is 103 Å². The van der Waals surface area contributed by atoms with Crippen molar-refractivity contribution in [3.8, 4) is 17.0 Å². The van der Waals surface area contributed by atoms with Crippen LogP contribution in [0.3, 0.4) is 0 Å². The van der Waals surface area contributed by atoms with Crippen LogP contribution in [0.25, 0.3) is 11.3 Å². The molecule has 4 rings (SSSR count). The van der Waals surface area contributed by atoms with Gasteiger partial charge in [0.2, 0.25) is 0 Å². The number of benzene rings is 3. The number of aromatic nitrogens is 2. The minimum absolute atomic E-state index is 0.276. The van der Waals surface area contributed by atoms with Crippen molar-refractivity contribution in [3.05, 3.63) is 131 Å². The van der Waals surface area contributed by atoms with Crippen LogP contribution in [-0.4, -0.2) is 15.7 Å². The number of carbonyl (C=O) groups is 1. The van der Waals surface area contributed by atoms with Crippen molar-refractivity contribution in [3.63, 3.8) is 0 Å². The lowest BCUT2D eigenvalue weighted by Crippen LogP contribution is -2.27. The number of nitrogens with zero attached hydrogens (tertiary/aromatic N) is 2. The number of hydrogen-bond acceptors (Lipinski definition) is 4. The second kappa shape index (κ2) is 11.9. The van der Waals surface area contributed by atoms with E-state index in [2.05, 4.69) is 5.32 Å². The van der Waals surface area contributed by atoms with E-state index in [4.69, 9.17) is 27.2 Å². The second-order valence-corrected chi connectivity index (χ2v) is 8.41. The second-order valence-electron chi connectivity index (χ2n) is 8.15. The van der Waals surface area contributed by atoms with Gasteiger partial charge in [0.15, 0.2) is 11.4 Å². The first-order valence-corrected chi connectivity index (χ1v) is 11.9. The van der Waals surface area contributed by atoms with Crippen LogP contribution in [0.2, 0.25) is 0 Å². The summed E-state index contributed by atoms with van der Waals surface area (Å²) in [5.74, 6) is -0.0133. The van der Waals surface area contributed by atoms with Crippen molar-refractivity contribution < 1.29 is 9.53 Å². The molecule has 0 aliphatic carbocycles. The van der Waals surface area contributed by atoms with Crippen molar-refractivity contribution in [1.29, 1.82) is 0 Å². The molecule has 4 aromatic rings. The molecule has 182 valence electrons. The average Bonchev–Trinajstić information content (AvgIpc) is 3.26. The van der Waals surface area contributed by atoms with Crippen LogP contribution in [0.15, 0.2) is 114 Å². The van der Waals surface area contributed by atoms with Crippen LogP contribution in [-0.2, 0) is 13.2 Å². The highest BCUT2D eigenvalue weighted by Gasteiger charge is 2.27. The standard InChI is InChI=1S/C29H27ClN4O2/c1-21(31)25(17-18-30)32-29(35)27-28(36-20-23-13-7-3-8-14-23)26(24-15-9-4-10-16-24)33-34(27)19-22-11-5-2-6-12-22/h2-18H,19-20,31H2,1H3,(H,32,35)/b18-17-,25-21-. The number of halogens is 1. The van der Waals surface area contributed by atoms with E-state index in [9.17, 15) is 4.79 Å². The third kappa shape index (κ3) is 6.03. The summed E-state index contributed by atoms with van der Waals surface area (Å²) in [5.41, 5.74) is 11.8. The molecule has 0 saturated heterocycles. The number of rotatable bonds is 9. The largest absolute Gasteiger partial charge is 0.484 e. The highest BCUT2D eigenvalue weighted by Crippen LogP contribution is 2.34. The van der Waals surface area contributed by atoms with Crippen LogP contribution in [0.5, 0.6) is 5.75 Å². The van der Waals surface area contributed by atoms with Gasteiger partial charge in [-0.2, -0.15) is 5.10 Å². The summed E-state index contributed by atoms with van der Waals surface area (Å²) < 4.78 is 7.98. The third-order valence-electron chi connectivity index (χ3n) is 5.48. The Bertz CT molecular complexity index is 1360. The molecular formula is C29H27ClN4O2. The van der Waals surface area contributed by atoms with Gasteiger partial charge >= 0.3 is 0 Å². The molecule has 3 aromatic carbocycles. The van der Waals surface area contributed by atoms with Gasteiger partial charge in [-0.25, -0.2) is 0 Å². The molecule has 7 heteroatoms. The number of nitrogens with two attached hydrogens (primary N) is 1. The van der Waals surface area contributed by atoms with Gasteiger partial charge in [0.05, 0.1) is 12.2 Å². The molecule has 0 atom stereocenters. The molecule has 0 spiro atoms. The maximum Gasteiger partial charge on any atom is 0.277 e. The quantitative estimate of drug-likeness (QED) is 0.283. The summed E-state index contributed by atoms with van der Waals surface area (Å²) >= 11 is 5.78. The van der Waals surface area contributed by atoms with E-state index in [-0.39, 0.29) is 12.3 Å². The van der Waals surface area contributed by atoms with Crippen LogP contribution < -0.4 is 15.8 Å². The Hall–Kier alpha value is -4.29. The Morgan fingerprint density at radius 2 is 1.56 bits per heavy atom. The van der Waals surface area contributed by atoms with Gasteiger partial charge < -0.3 is 15.8 Å². The summed E-state index contributed by atoms with van der Waals surface area (Å²) in [6.07, 6.45) is 1.54. The van der Waals surface area contributed by atoms with Gasteiger partial charge in [0.25, 0.3) is 5.91 Å². The molecule has 0 saturated carbocycles. The van der Waals surface area contributed by atoms with Gasteiger partial charge in [0, 0.05) is 16.8 Å². The van der Waals surface area contributed by atoms with Crippen LogP contribution >= 0.6 is 11.6 Å². The van der Waals surface area contributed by atoms with Gasteiger partial charge in [-0.3, -0.25) is 9.48 Å². The van der Waals surface area contributed by atoms with Crippen molar-refractivity contribution in [1.82, 2.24) is 15.1 Å². The zero-order chi connectivity index (χ0) is 25.3. The van der Waals surface area contributed by atoms with E-state index in [0.717, 1.165) is 16.7 Å². The Morgan fingerprint density at radius 3 is 2.14 bits per heavy atom. The third-order valence-corrected chi connectivity index (χ3v) is 5.60. The monoisotopic (exact) mass is 498 g/mol. The number of ether oxygens (including phenoxy) is 1. The summed E-state index contributed by atoms with van der Waals surface area (Å²) in [4.78, 5) is 13.7. The Kier molecular flexibility index (Phi) is 8.21. The zero-order valence-corrected chi connectivity index (χ0v) is 20.7. The van der Waals surface area contributed by atoms with Crippen LogP contribution in [0.1, 0.15) is 28.5 Å². The lowest BCUT2D eigenvalue weighted by molar-refractivity contribution is 0.0951. The highest BCUT2D eigenvalue weighted by atomic mass is 35.5. The fraction of sp³-hybridized carbons (Fsp3) is 0.103. The van der Waals surface area contributed by atoms with E-state index < -0.39 is 5.91 Å². The normalized spacial score (nSPS) is 11.8. The van der Waals surface area contributed by atoms with Crippen LogP contribution in [0, 0.1) is 0 Å². The summed E-state index contributed by atoms with van der Waals surface area (Å²) in [6.45, 7) is 2.35. The summed E-state index contributed by atoms with van der Waals surface area (Å²) in [7, 11) is 0. The Balaban J connectivity index is 1.84. The first kappa shape index (κ1) is 24.8. The zero-order valence-electron chi connectivity index (χ0n) is 19.9. The summed E-state index contributed by atoms with van der Waals surface area (Å²) in [5, 5.41) is 7.71. The predicted molar refractivity (Wildman–Crippen MR) is 143 cm³/mol. The Morgan fingerprint density at radius 1 is 0.972 bits per heavy atom. The van der Waals surface area contributed by atoms with Gasteiger partial charge in [-0.05, 0) is 24.1 Å². The number of allylic oxidation sites excluding steroid dienone is 2. The SMILES string of the molecule is C/C(N)=C(\C=C/Cl)NC(=O)c1c(OCc2ccccc2)c(-c2ccccc2)nn1Cc1ccccc1. The van der Waals surface area contributed by atoms with Gasteiger partial charge in [-0.15, -0.1) is 0 Å². The molecule has 3 N–H and O–H groups in total. The lowest BCUT2D eigenvalue weighted by Gasteiger charge is -2.13. The molecule has 1 aromatic heterocycles. The highest BCUT2D eigenvalue weighted by molar-refractivity contribution is 6.25. The molecule has 0 radical (unpaired) electrons. The maximum atomic E-state index is 13.7. The van der Waals surface area contributed by atoms with Crippen molar-refractivity contribution in [2.24, 2.45) is 5.73 Å². The maximum absolute atomic E-state index is 13.7. The van der Waals surface area contributed by atoms with Crippen molar-refractivity contribution in [2.75, 3.05) is 0 Å². The van der Waals surface area contributed by atoms with E-state index in [1.807, 2.05) is 91.0 Å². The minimum atomic E-state index is -0.404. The molecule has 0 unspecified atom stereocenters. The molecule has 1 heterocycles. The fourth-order valence-corrected chi connectivity index (χ4v) is 3.83. The average molecular weight is 499 g/mol. The molecule has 6 nitrogen and oxygen atoms in total. The Labute approximate surface area is 215 Å². The topological polar surface area (TPSA) is 82.2 Å². The van der Waals surface area contributed by atoms with Crippen molar-refractivity contribution in [2.45, 2.75) is 20.1 Å². The molecular weight excluding hydrogens is 472 g/mol. The number of carbonyl (C=O) groups excluding carboxylic acids is 1. The molecule has 0 aliphatic heterocycles. The van der Waals surface area contributed by atoms with E-state index in [0.29, 0.717) is 29.4 Å². The molecule has 1 amide bonds. The smallest absolute Gasteiger partial charge is 0.277 e. The first-order chi connectivity index (χ1) is 17.6. The summed E-state index contributed by atoms with van der Waals surface area (Å²) in [6, 6.07) is 29.3. The predicted octanol–water partition coefficient (Wildman–Crippen LogP) is 5.85. The fourth-order valence-electron chi connectivity index (χ4n) is 3.70. The lowest BCUT2D eigenvalue weighted by atomic mass is 10.1. The molecule has 36 heavy (non-hydrogen) atoms. The number of amides is 1. The number of nitrogens with one attached hydrogen (secondary N) is 1. The first-order valence-electron chi connectivity index (χ1n) is 11.5. The molecule has 0 bridgehead atoms.